The number of hydrogen-bond acceptors (Lipinski definition) is 7. The molecule has 0 atom stereocenters. The fourth-order valence-electron chi connectivity index (χ4n) is 2.11. The van der Waals surface area contributed by atoms with Gasteiger partial charge in [0.2, 0.25) is 0 Å². The molecule has 23 heavy (non-hydrogen) atoms. The molecule has 2 aromatic rings. The third-order valence-electron chi connectivity index (χ3n) is 3.64. The highest BCUT2D eigenvalue weighted by molar-refractivity contribution is 5.61. The predicted molar refractivity (Wildman–Crippen MR) is 83.6 cm³/mol. The summed E-state index contributed by atoms with van der Waals surface area (Å²) in [5.74, 6) is -0.637. The molecule has 126 valence electrons. The lowest BCUT2D eigenvalue weighted by molar-refractivity contribution is -0.295. The zero-order chi connectivity index (χ0) is 17.5. The molecule has 0 fully saturated rings. The Morgan fingerprint density at radius 1 is 1.09 bits per heavy atom. The Kier molecular flexibility index (Phi) is 3.97. The minimum absolute atomic E-state index is 0.132. The van der Waals surface area contributed by atoms with Gasteiger partial charge in [-0.3, -0.25) is 24.8 Å². The molecule has 2 N–H and O–H groups in total. The molecule has 0 aromatic carbocycles. The first-order valence-electron chi connectivity index (χ1n) is 7.01. The van der Waals surface area contributed by atoms with E-state index in [0.29, 0.717) is 11.4 Å². The lowest BCUT2D eigenvalue weighted by Crippen LogP contribution is -2.40. The first-order valence-corrected chi connectivity index (χ1v) is 7.01. The van der Waals surface area contributed by atoms with Crippen LogP contribution < -0.4 is 27.2 Å². The van der Waals surface area contributed by atoms with Crippen molar-refractivity contribution in [2.45, 2.75) is 33.1 Å². The van der Waals surface area contributed by atoms with Crippen LogP contribution in [0, 0.1) is 6.92 Å². The predicted octanol–water partition coefficient (Wildman–Crippen LogP) is 0.191. The van der Waals surface area contributed by atoms with E-state index in [1.54, 1.807) is 14.0 Å². The summed E-state index contributed by atoms with van der Waals surface area (Å²) < 4.78 is 7.01. The van der Waals surface area contributed by atoms with Crippen LogP contribution in [-0.2, 0) is 19.5 Å². The van der Waals surface area contributed by atoms with E-state index in [1.165, 1.54) is 11.6 Å². The minimum Gasteiger partial charge on any atom is -0.542 e. The number of aromatic nitrogens is 3. The van der Waals surface area contributed by atoms with Gasteiger partial charge in [0.1, 0.15) is 17.3 Å². The molecule has 0 radical (unpaired) electrons. The van der Waals surface area contributed by atoms with Crippen molar-refractivity contribution in [3.8, 4) is 5.95 Å². The van der Waals surface area contributed by atoms with Gasteiger partial charge in [-0.25, -0.2) is 4.79 Å². The first-order chi connectivity index (χ1) is 10.6. The second kappa shape index (κ2) is 5.49. The lowest BCUT2D eigenvalue weighted by atomic mass is 9.91. The van der Waals surface area contributed by atoms with Crippen molar-refractivity contribution in [3.05, 3.63) is 32.2 Å². The molecule has 9 heteroatoms. The first kappa shape index (κ1) is 16.7. The van der Waals surface area contributed by atoms with Crippen LogP contribution in [0.1, 0.15) is 32.2 Å². The van der Waals surface area contributed by atoms with E-state index in [1.807, 2.05) is 20.8 Å². The lowest BCUT2D eigenvalue weighted by Gasteiger charge is -2.20. The van der Waals surface area contributed by atoms with E-state index >= 15 is 0 Å². The SMILES string of the molecule is Cc1c(NNc2c(C(C)(C)C)noc2[O-])c(=O)n(C)c(=O)n1C. The molecule has 2 heterocycles. The van der Waals surface area contributed by atoms with Crippen LogP contribution in [0.5, 0.6) is 5.95 Å². The molecule has 0 saturated carbocycles. The number of rotatable bonds is 3. The van der Waals surface area contributed by atoms with Crippen molar-refractivity contribution >= 4 is 11.4 Å². The zero-order valence-corrected chi connectivity index (χ0v) is 14.0. The number of nitrogens with one attached hydrogen (secondary N) is 2. The summed E-state index contributed by atoms with van der Waals surface area (Å²) in [7, 11) is 2.94. The average Bonchev–Trinajstić information content (AvgIpc) is 2.84. The van der Waals surface area contributed by atoms with Crippen LogP contribution in [0.15, 0.2) is 14.1 Å². The fourth-order valence-corrected chi connectivity index (χ4v) is 2.11. The van der Waals surface area contributed by atoms with Crippen LogP contribution in [-0.4, -0.2) is 14.3 Å². The van der Waals surface area contributed by atoms with Crippen molar-refractivity contribution in [2.24, 2.45) is 14.1 Å². The molecule has 0 aliphatic heterocycles. The standard InChI is InChI=1S/C14H21N5O4/c1-7-8(11(20)19(6)13(22)18(7)5)15-16-9-10(14(2,3)4)17-23-12(9)21/h15-16,21H,1-6H3/p-1. The normalized spacial score (nSPS) is 11.6. The Hall–Kier alpha value is -2.71. The third kappa shape index (κ3) is 2.81. The van der Waals surface area contributed by atoms with Gasteiger partial charge in [0.25, 0.3) is 5.56 Å². The maximum Gasteiger partial charge on any atom is 0.330 e. The second-order valence-corrected chi connectivity index (χ2v) is 6.36. The maximum atomic E-state index is 12.2. The second-order valence-electron chi connectivity index (χ2n) is 6.36. The minimum atomic E-state index is -0.637. The highest BCUT2D eigenvalue weighted by Gasteiger charge is 2.22. The molecule has 2 rings (SSSR count). The van der Waals surface area contributed by atoms with Crippen LogP contribution >= 0.6 is 0 Å². The molecule has 0 unspecified atom stereocenters. The van der Waals surface area contributed by atoms with Crippen molar-refractivity contribution in [1.29, 1.82) is 0 Å². The molecule has 0 spiro atoms. The van der Waals surface area contributed by atoms with Crippen LogP contribution in [0.2, 0.25) is 0 Å². The Bertz CT molecular complexity index is 854. The topological polar surface area (TPSA) is 117 Å². The van der Waals surface area contributed by atoms with Gasteiger partial charge in [-0.05, 0) is 6.92 Å². The summed E-state index contributed by atoms with van der Waals surface area (Å²) in [6, 6.07) is 0. The largest absolute Gasteiger partial charge is 0.542 e. The highest BCUT2D eigenvalue weighted by Crippen LogP contribution is 2.33. The van der Waals surface area contributed by atoms with Crippen molar-refractivity contribution in [1.82, 2.24) is 14.3 Å². The van der Waals surface area contributed by atoms with Crippen molar-refractivity contribution in [2.75, 3.05) is 10.9 Å². The van der Waals surface area contributed by atoms with E-state index in [2.05, 4.69) is 16.0 Å². The molecule has 0 amide bonds. The molecular weight excluding hydrogens is 302 g/mol. The van der Waals surface area contributed by atoms with Crippen LogP contribution in [0.4, 0.5) is 11.4 Å². The van der Waals surface area contributed by atoms with Crippen molar-refractivity contribution < 1.29 is 9.63 Å². The molecule has 0 aliphatic carbocycles. The Labute approximate surface area is 132 Å². The quantitative estimate of drug-likeness (QED) is 0.775. The van der Waals surface area contributed by atoms with E-state index in [4.69, 9.17) is 4.52 Å². The number of hydrazine groups is 1. The summed E-state index contributed by atoms with van der Waals surface area (Å²) in [5.41, 5.74) is 5.22. The van der Waals surface area contributed by atoms with E-state index in [9.17, 15) is 14.7 Å². The third-order valence-corrected chi connectivity index (χ3v) is 3.64. The number of hydrogen-bond donors (Lipinski definition) is 2. The fraction of sp³-hybridized carbons (Fsp3) is 0.500. The van der Waals surface area contributed by atoms with Crippen molar-refractivity contribution in [3.63, 3.8) is 0 Å². The molecule has 0 aliphatic rings. The molecule has 2 aromatic heterocycles. The highest BCUT2D eigenvalue weighted by atomic mass is 16.6. The van der Waals surface area contributed by atoms with Gasteiger partial charge in [0, 0.05) is 25.2 Å². The maximum absolute atomic E-state index is 12.2. The number of anilines is 2. The monoisotopic (exact) mass is 322 g/mol. The van der Waals surface area contributed by atoms with Gasteiger partial charge >= 0.3 is 5.69 Å². The zero-order valence-electron chi connectivity index (χ0n) is 14.0. The Balaban J connectivity index is 2.43. The molecule has 9 nitrogen and oxygen atoms in total. The van der Waals surface area contributed by atoms with Crippen LogP contribution in [0.25, 0.3) is 0 Å². The van der Waals surface area contributed by atoms with Gasteiger partial charge < -0.3 is 9.63 Å². The molecular formula is C14H20N5O4-. The average molecular weight is 322 g/mol. The number of nitrogens with zero attached hydrogens (tertiary/aromatic N) is 3. The van der Waals surface area contributed by atoms with Gasteiger partial charge in [0.15, 0.2) is 0 Å². The van der Waals surface area contributed by atoms with E-state index < -0.39 is 22.6 Å². The summed E-state index contributed by atoms with van der Waals surface area (Å²) in [6.07, 6.45) is 0. The Morgan fingerprint density at radius 2 is 1.65 bits per heavy atom. The van der Waals surface area contributed by atoms with Crippen LogP contribution in [0.3, 0.4) is 0 Å². The summed E-state index contributed by atoms with van der Waals surface area (Å²) in [5, 5.41) is 15.6. The molecule has 0 saturated heterocycles. The smallest absolute Gasteiger partial charge is 0.330 e. The summed E-state index contributed by atoms with van der Waals surface area (Å²) >= 11 is 0. The van der Waals surface area contributed by atoms with Gasteiger partial charge in [0.05, 0.1) is 5.69 Å². The van der Waals surface area contributed by atoms with Gasteiger partial charge in [-0.1, -0.05) is 20.8 Å². The van der Waals surface area contributed by atoms with Gasteiger partial charge in [-0.2, -0.15) is 5.16 Å². The Morgan fingerprint density at radius 3 is 2.22 bits per heavy atom. The summed E-state index contributed by atoms with van der Waals surface area (Å²) in [6.45, 7) is 7.27. The van der Waals surface area contributed by atoms with E-state index in [-0.39, 0.29) is 11.4 Å². The molecule has 0 bridgehead atoms. The van der Waals surface area contributed by atoms with E-state index in [0.717, 1.165) is 4.57 Å². The van der Waals surface area contributed by atoms with Gasteiger partial charge in [-0.15, -0.1) is 0 Å². The summed E-state index contributed by atoms with van der Waals surface area (Å²) in [4.78, 5) is 24.1.